The van der Waals surface area contributed by atoms with Crippen LogP contribution in [0.15, 0.2) is 24.3 Å². The molecule has 98 valence electrons. The average molecular weight is 246 g/mol. The van der Waals surface area contributed by atoms with Crippen LogP contribution in [-0.2, 0) is 11.3 Å². The van der Waals surface area contributed by atoms with E-state index in [0.717, 1.165) is 31.6 Å². The van der Waals surface area contributed by atoms with Gasteiger partial charge >= 0.3 is 0 Å². The molecule has 18 heavy (non-hydrogen) atoms. The second-order valence-corrected chi connectivity index (χ2v) is 5.18. The van der Waals surface area contributed by atoms with Crippen molar-refractivity contribution in [1.29, 1.82) is 0 Å². The topological polar surface area (TPSA) is 41.1 Å². The Kier molecular flexibility index (Phi) is 4.37. The Bertz CT molecular complexity index is 399. The van der Waals surface area contributed by atoms with Gasteiger partial charge in [-0.05, 0) is 43.0 Å². The normalized spacial score (nSPS) is 21.7. The lowest BCUT2D eigenvalue weighted by Gasteiger charge is -2.07. The van der Waals surface area contributed by atoms with Gasteiger partial charge in [0.05, 0.1) is 0 Å². The standard InChI is InChI=1S/C15H22N2O/c1-3-8-16-10-12-4-6-13(7-5-12)17-15(18)14-9-11(14)2/h4-7,11,14,16H,3,8-10H2,1-2H3,(H,17,18). The summed E-state index contributed by atoms with van der Waals surface area (Å²) >= 11 is 0. The number of hydrogen-bond donors (Lipinski definition) is 2. The summed E-state index contributed by atoms with van der Waals surface area (Å²) in [4.78, 5) is 11.8. The number of anilines is 1. The Morgan fingerprint density at radius 2 is 2.00 bits per heavy atom. The summed E-state index contributed by atoms with van der Waals surface area (Å²) in [7, 11) is 0. The molecule has 3 heteroatoms. The first-order valence-corrected chi connectivity index (χ1v) is 6.81. The number of carbonyl (C=O) groups excluding carboxylic acids is 1. The Morgan fingerprint density at radius 1 is 1.33 bits per heavy atom. The molecule has 1 aliphatic rings. The highest BCUT2D eigenvalue weighted by Crippen LogP contribution is 2.38. The van der Waals surface area contributed by atoms with Crippen LogP contribution in [0.1, 0.15) is 32.3 Å². The Morgan fingerprint density at radius 3 is 2.56 bits per heavy atom. The zero-order valence-corrected chi connectivity index (χ0v) is 11.2. The highest BCUT2D eigenvalue weighted by Gasteiger charge is 2.38. The maximum atomic E-state index is 11.8. The van der Waals surface area contributed by atoms with Gasteiger partial charge in [-0.15, -0.1) is 0 Å². The van der Waals surface area contributed by atoms with Crippen LogP contribution < -0.4 is 10.6 Å². The lowest BCUT2D eigenvalue weighted by atomic mass is 10.2. The predicted molar refractivity (Wildman–Crippen MR) is 74.3 cm³/mol. The smallest absolute Gasteiger partial charge is 0.227 e. The van der Waals surface area contributed by atoms with Gasteiger partial charge in [-0.3, -0.25) is 4.79 Å². The van der Waals surface area contributed by atoms with E-state index in [1.165, 1.54) is 5.56 Å². The van der Waals surface area contributed by atoms with Gasteiger partial charge in [-0.1, -0.05) is 26.0 Å². The van der Waals surface area contributed by atoms with Crippen molar-refractivity contribution in [2.24, 2.45) is 11.8 Å². The summed E-state index contributed by atoms with van der Waals surface area (Å²) in [6.45, 7) is 6.21. The van der Waals surface area contributed by atoms with Crippen LogP contribution in [0.3, 0.4) is 0 Å². The van der Waals surface area contributed by atoms with Gasteiger partial charge in [-0.2, -0.15) is 0 Å². The van der Waals surface area contributed by atoms with E-state index in [9.17, 15) is 4.79 Å². The summed E-state index contributed by atoms with van der Waals surface area (Å²) in [5, 5.41) is 6.33. The van der Waals surface area contributed by atoms with Crippen molar-refractivity contribution in [1.82, 2.24) is 5.32 Å². The molecule has 2 atom stereocenters. The van der Waals surface area contributed by atoms with Gasteiger partial charge in [0.15, 0.2) is 0 Å². The van der Waals surface area contributed by atoms with Crippen molar-refractivity contribution in [3.05, 3.63) is 29.8 Å². The number of rotatable bonds is 6. The van der Waals surface area contributed by atoms with E-state index < -0.39 is 0 Å². The number of benzene rings is 1. The number of nitrogens with one attached hydrogen (secondary N) is 2. The van der Waals surface area contributed by atoms with E-state index in [2.05, 4.69) is 36.6 Å². The minimum atomic E-state index is 0.166. The zero-order valence-electron chi connectivity index (χ0n) is 11.2. The Balaban J connectivity index is 1.81. The van der Waals surface area contributed by atoms with Crippen molar-refractivity contribution in [2.75, 3.05) is 11.9 Å². The van der Waals surface area contributed by atoms with E-state index in [0.29, 0.717) is 5.92 Å². The van der Waals surface area contributed by atoms with Gasteiger partial charge in [-0.25, -0.2) is 0 Å². The molecule has 1 saturated carbocycles. The first-order chi connectivity index (χ1) is 8.70. The van der Waals surface area contributed by atoms with Crippen LogP contribution in [0.4, 0.5) is 5.69 Å². The fourth-order valence-electron chi connectivity index (χ4n) is 2.04. The summed E-state index contributed by atoms with van der Waals surface area (Å²) in [6.07, 6.45) is 2.18. The summed E-state index contributed by atoms with van der Waals surface area (Å²) in [5.41, 5.74) is 2.15. The molecule has 0 aliphatic heterocycles. The molecule has 2 rings (SSSR count). The van der Waals surface area contributed by atoms with Crippen molar-refractivity contribution in [3.63, 3.8) is 0 Å². The van der Waals surface area contributed by atoms with Crippen molar-refractivity contribution >= 4 is 11.6 Å². The molecule has 1 aliphatic carbocycles. The summed E-state index contributed by atoms with van der Waals surface area (Å²) in [5.74, 6) is 0.956. The molecular formula is C15H22N2O. The van der Waals surface area contributed by atoms with E-state index >= 15 is 0 Å². The minimum Gasteiger partial charge on any atom is -0.326 e. The van der Waals surface area contributed by atoms with Crippen molar-refractivity contribution in [3.8, 4) is 0 Å². The lowest BCUT2D eigenvalue weighted by molar-refractivity contribution is -0.117. The van der Waals surface area contributed by atoms with Crippen molar-refractivity contribution in [2.45, 2.75) is 33.2 Å². The molecule has 0 radical (unpaired) electrons. The Hall–Kier alpha value is -1.35. The van der Waals surface area contributed by atoms with Crippen LogP contribution in [0, 0.1) is 11.8 Å². The van der Waals surface area contributed by atoms with E-state index in [4.69, 9.17) is 0 Å². The van der Waals surface area contributed by atoms with E-state index in [-0.39, 0.29) is 11.8 Å². The molecule has 0 saturated heterocycles. The van der Waals surface area contributed by atoms with Gasteiger partial charge in [0, 0.05) is 18.2 Å². The highest BCUT2D eigenvalue weighted by atomic mass is 16.2. The van der Waals surface area contributed by atoms with Crippen LogP contribution in [0.2, 0.25) is 0 Å². The number of hydrogen-bond acceptors (Lipinski definition) is 2. The second-order valence-electron chi connectivity index (χ2n) is 5.18. The first-order valence-electron chi connectivity index (χ1n) is 6.81. The number of carbonyl (C=O) groups is 1. The van der Waals surface area contributed by atoms with Crippen LogP contribution in [0.25, 0.3) is 0 Å². The second kappa shape index (κ2) is 6.01. The quantitative estimate of drug-likeness (QED) is 0.758. The lowest BCUT2D eigenvalue weighted by Crippen LogP contribution is -2.15. The average Bonchev–Trinajstić information content (AvgIpc) is 3.09. The predicted octanol–water partition coefficient (Wildman–Crippen LogP) is 2.78. The Labute approximate surface area is 109 Å². The molecular weight excluding hydrogens is 224 g/mol. The van der Waals surface area contributed by atoms with Gasteiger partial charge in [0.2, 0.25) is 5.91 Å². The maximum absolute atomic E-state index is 11.8. The van der Waals surface area contributed by atoms with Crippen LogP contribution in [0.5, 0.6) is 0 Å². The summed E-state index contributed by atoms with van der Waals surface area (Å²) in [6, 6.07) is 8.09. The summed E-state index contributed by atoms with van der Waals surface area (Å²) < 4.78 is 0. The molecule has 1 aromatic rings. The molecule has 0 spiro atoms. The molecule has 0 bridgehead atoms. The fraction of sp³-hybridized carbons (Fsp3) is 0.533. The van der Waals surface area contributed by atoms with E-state index in [1.807, 2.05) is 12.1 Å². The third-order valence-corrected chi connectivity index (χ3v) is 3.42. The first kappa shape index (κ1) is 13.1. The van der Waals surface area contributed by atoms with Crippen LogP contribution in [-0.4, -0.2) is 12.5 Å². The van der Waals surface area contributed by atoms with Crippen LogP contribution >= 0.6 is 0 Å². The maximum Gasteiger partial charge on any atom is 0.227 e. The minimum absolute atomic E-state index is 0.166. The van der Waals surface area contributed by atoms with E-state index in [1.54, 1.807) is 0 Å². The number of amides is 1. The monoisotopic (exact) mass is 246 g/mol. The molecule has 0 heterocycles. The SMILES string of the molecule is CCCNCc1ccc(NC(=O)C2CC2C)cc1. The van der Waals surface area contributed by atoms with Gasteiger partial charge in [0.25, 0.3) is 0 Å². The zero-order chi connectivity index (χ0) is 13.0. The third kappa shape index (κ3) is 3.57. The molecule has 2 unspecified atom stereocenters. The molecule has 2 N–H and O–H groups in total. The third-order valence-electron chi connectivity index (χ3n) is 3.42. The molecule has 0 aromatic heterocycles. The fourth-order valence-corrected chi connectivity index (χ4v) is 2.04. The highest BCUT2D eigenvalue weighted by molar-refractivity contribution is 5.94. The van der Waals surface area contributed by atoms with Crippen molar-refractivity contribution < 1.29 is 4.79 Å². The molecule has 1 aromatic carbocycles. The largest absolute Gasteiger partial charge is 0.326 e. The molecule has 1 amide bonds. The van der Waals surface area contributed by atoms with Gasteiger partial charge < -0.3 is 10.6 Å². The molecule has 3 nitrogen and oxygen atoms in total. The van der Waals surface area contributed by atoms with Gasteiger partial charge in [0.1, 0.15) is 0 Å². The molecule has 1 fully saturated rings.